The molecule has 2 rings (SSSR count). The van der Waals surface area contributed by atoms with Gasteiger partial charge in [0.1, 0.15) is 0 Å². The van der Waals surface area contributed by atoms with Gasteiger partial charge in [-0.2, -0.15) is 11.8 Å². The molecule has 0 aromatic heterocycles. The molecule has 1 unspecified atom stereocenters. The summed E-state index contributed by atoms with van der Waals surface area (Å²) in [6.07, 6.45) is 4.45. The first-order valence-corrected chi connectivity index (χ1v) is 5.87. The van der Waals surface area contributed by atoms with Gasteiger partial charge in [0, 0.05) is 4.75 Å². The van der Waals surface area contributed by atoms with E-state index in [1.165, 1.54) is 12.2 Å². The molecule has 70 valence electrons. The van der Waals surface area contributed by atoms with Gasteiger partial charge in [0.25, 0.3) is 0 Å². The molecule has 1 aliphatic heterocycles. The van der Waals surface area contributed by atoms with E-state index >= 15 is 0 Å². The number of thioether (sulfide) groups is 1. The van der Waals surface area contributed by atoms with E-state index < -0.39 is 0 Å². The van der Waals surface area contributed by atoms with Crippen LogP contribution in [0.4, 0.5) is 0 Å². The van der Waals surface area contributed by atoms with Crippen molar-refractivity contribution >= 4 is 11.8 Å². The van der Waals surface area contributed by atoms with Gasteiger partial charge < -0.3 is 5.11 Å². The van der Waals surface area contributed by atoms with Crippen LogP contribution in [-0.4, -0.2) is 21.2 Å². The normalized spacial score (nSPS) is 36.8. The highest BCUT2D eigenvalue weighted by atomic mass is 32.2. The lowest BCUT2D eigenvalue weighted by Crippen LogP contribution is -2.27. The van der Waals surface area contributed by atoms with Crippen LogP contribution in [0.3, 0.4) is 0 Å². The second-order valence-electron chi connectivity index (χ2n) is 4.87. The van der Waals surface area contributed by atoms with Gasteiger partial charge in [0.2, 0.25) is 0 Å². The van der Waals surface area contributed by atoms with Gasteiger partial charge in [-0.25, -0.2) is 0 Å². The van der Waals surface area contributed by atoms with Crippen molar-refractivity contribution < 1.29 is 5.11 Å². The third kappa shape index (κ3) is 1.64. The second kappa shape index (κ2) is 2.65. The minimum atomic E-state index is -0.243. The van der Waals surface area contributed by atoms with Gasteiger partial charge in [-0.05, 0) is 37.4 Å². The van der Waals surface area contributed by atoms with Crippen LogP contribution >= 0.6 is 11.8 Å². The largest absolute Gasteiger partial charge is 0.390 e. The Morgan fingerprint density at radius 2 is 2.08 bits per heavy atom. The Hall–Kier alpha value is 0.310. The molecule has 2 aliphatic rings. The van der Waals surface area contributed by atoms with Crippen LogP contribution in [0.2, 0.25) is 0 Å². The maximum Gasteiger partial charge on any atom is 0.0653 e. The van der Waals surface area contributed by atoms with Crippen molar-refractivity contribution in [1.29, 1.82) is 0 Å². The van der Waals surface area contributed by atoms with E-state index in [9.17, 15) is 5.11 Å². The van der Waals surface area contributed by atoms with Crippen LogP contribution in [0.15, 0.2) is 0 Å². The van der Waals surface area contributed by atoms with Crippen LogP contribution in [0.5, 0.6) is 0 Å². The second-order valence-corrected chi connectivity index (χ2v) is 6.62. The van der Waals surface area contributed by atoms with Crippen LogP contribution in [0.25, 0.3) is 0 Å². The van der Waals surface area contributed by atoms with Crippen molar-refractivity contribution in [3.63, 3.8) is 0 Å². The maximum atomic E-state index is 9.81. The molecule has 0 aromatic rings. The average molecular weight is 186 g/mol. The number of hydrogen-bond acceptors (Lipinski definition) is 2. The van der Waals surface area contributed by atoms with E-state index in [2.05, 4.69) is 25.6 Å². The zero-order chi connectivity index (χ0) is 8.82. The summed E-state index contributed by atoms with van der Waals surface area (Å²) < 4.78 is 0.415. The molecule has 1 N–H and O–H groups in total. The van der Waals surface area contributed by atoms with Crippen molar-refractivity contribution in [3.05, 3.63) is 0 Å². The van der Waals surface area contributed by atoms with E-state index in [0.29, 0.717) is 4.75 Å². The Balaban J connectivity index is 1.95. The Kier molecular flexibility index (Phi) is 1.96. The molecule has 0 bridgehead atoms. The van der Waals surface area contributed by atoms with Gasteiger partial charge in [0.15, 0.2) is 0 Å². The highest BCUT2D eigenvalue weighted by Crippen LogP contribution is 2.50. The van der Waals surface area contributed by atoms with Gasteiger partial charge >= 0.3 is 0 Å². The van der Waals surface area contributed by atoms with Crippen molar-refractivity contribution in [2.45, 2.75) is 49.9 Å². The summed E-state index contributed by atoms with van der Waals surface area (Å²) in [5, 5.41) is 9.81. The SMILES string of the molecule is CC1(C)SCCC1CC1(O)CC1. The molecule has 12 heavy (non-hydrogen) atoms. The molecule has 1 saturated carbocycles. The summed E-state index contributed by atoms with van der Waals surface area (Å²) in [6.45, 7) is 4.64. The van der Waals surface area contributed by atoms with E-state index in [4.69, 9.17) is 0 Å². The zero-order valence-electron chi connectivity index (χ0n) is 7.97. The summed E-state index contributed by atoms with van der Waals surface area (Å²) in [7, 11) is 0. The smallest absolute Gasteiger partial charge is 0.0653 e. The number of hydrogen-bond donors (Lipinski definition) is 1. The fraction of sp³-hybridized carbons (Fsp3) is 1.00. The fourth-order valence-electron chi connectivity index (χ4n) is 2.08. The maximum absolute atomic E-state index is 9.81. The third-order valence-electron chi connectivity index (χ3n) is 3.38. The lowest BCUT2D eigenvalue weighted by Gasteiger charge is -2.27. The van der Waals surface area contributed by atoms with Crippen molar-refractivity contribution in [3.8, 4) is 0 Å². The lowest BCUT2D eigenvalue weighted by molar-refractivity contribution is 0.111. The van der Waals surface area contributed by atoms with E-state index in [0.717, 1.165) is 25.2 Å². The fourth-order valence-corrected chi connectivity index (χ4v) is 3.45. The van der Waals surface area contributed by atoms with E-state index in [1.54, 1.807) is 0 Å². The summed E-state index contributed by atoms with van der Waals surface area (Å²) >= 11 is 2.06. The van der Waals surface area contributed by atoms with Crippen molar-refractivity contribution in [1.82, 2.24) is 0 Å². The quantitative estimate of drug-likeness (QED) is 0.715. The summed E-state index contributed by atoms with van der Waals surface area (Å²) in [5.74, 6) is 2.03. The van der Waals surface area contributed by atoms with Gasteiger partial charge in [-0.3, -0.25) is 0 Å². The van der Waals surface area contributed by atoms with Crippen molar-refractivity contribution in [2.75, 3.05) is 5.75 Å². The molecule has 1 saturated heterocycles. The predicted molar refractivity (Wildman–Crippen MR) is 53.4 cm³/mol. The predicted octanol–water partition coefficient (Wildman–Crippen LogP) is 2.43. The standard InChI is InChI=1S/C10H18OS/c1-9(2)8(3-6-12-9)7-10(11)4-5-10/h8,11H,3-7H2,1-2H3. The highest BCUT2D eigenvalue weighted by molar-refractivity contribution is 8.00. The third-order valence-corrected chi connectivity index (χ3v) is 4.89. The molecule has 0 spiro atoms. The molecule has 1 aliphatic carbocycles. The first-order chi connectivity index (χ1) is 5.52. The monoisotopic (exact) mass is 186 g/mol. The Morgan fingerprint density at radius 3 is 2.50 bits per heavy atom. The Bertz CT molecular complexity index is 184. The Labute approximate surface area is 78.9 Å². The number of rotatable bonds is 2. The van der Waals surface area contributed by atoms with Crippen LogP contribution in [0.1, 0.15) is 39.5 Å². The van der Waals surface area contributed by atoms with E-state index in [-0.39, 0.29) is 5.60 Å². The molecule has 0 amide bonds. The highest BCUT2D eigenvalue weighted by Gasteiger charge is 2.46. The minimum Gasteiger partial charge on any atom is -0.390 e. The number of aliphatic hydroxyl groups is 1. The first kappa shape index (κ1) is 8.89. The van der Waals surface area contributed by atoms with Gasteiger partial charge in [0.05, 0.1) is 5.60 Å². The Morgan fingerprint density at radius 1 is 1.42 bits per heavy atom. The molecule has 2 fully saturated rings. The topological polar surface area (TPSA) is 20.2 Å². The summed E-state index contributed by atoms with van der Waals surface area (Å²) in [4.78, 5) is 0. The summed E-state index contributed by atoms with van der Waals surface area (Å²) in [6, 6.07) is 0. The molecule has 0 aromatic carbocycles. The molecule has 2 heteroatoms. The van der Waals surface area contributed by atoms with Gasteiger partial charge in [-0.1, -0.05) is 13.8 Å². The van der Waals surface area contributed by atoms with Crippen LogP contribution in [-0.2, 0) is 0 Å². The molecule has 0 radical (unpaired) electrons. The molecular weight excluding hydrogens is 168 g/mol. The first-order valence-electron chi connectivity index (χ1n) is 4.88. The minimum absolute atomic E-state index is 0.243. The lowest BCUT2D eigenvalue weighted by atomic mass is 9.87. The van der Waals surface area contributed by atoms with Crippen LogP contribution in [0, 0.1) is 5.92 Å². The molecule has 1 atom stereocenters. The molecule has 1 nitrogen and oxygen atoms in total. The van der Waals surface area contributed by atoms with Gasteiger partial charge in [-0.15, -0.1) is 0 Å². The zero-order valence-corrected chi connectivity index (χ0v) is 8.78. The summed E-state index contributed by atoms with van der Waals surface area (Å²) in [5.41, 5.74) is -0.243. The average Bonchev–Trinajstić information content (AvgIpc) is 2.57. The van der Waals surface area contributed by atoms with Crippen molar-refractivity contribution in [2.24, 2.45) is 5.92 Å². The van der Waals surface area contributed by atoms with E-state index in [1.807, 2.05) is 0 Å². The molecular formula is C10H18OS. The molecule has 1 heterocycles. The van der Waals surface area contributed by atoms with Crippen LogP contribution < -0.4 is 0 Å².